The van der Waals surface area contributed by atoms with E-state index in [1.54, 1.807) is 12.1 Å². The van der Waals surface area contributed by atoms with Crippen molar-refractivity contribution in [1.82, 2.24) is 9.97 Å². The fourth-order valence-electron chi connectivity index (χ4n) is 2.28. The zero-order chi connectivity index (χ0) is 15.1. The van der Waals surface area contributed by atoms with Gasteiger partial charge in [-0.1, -0.05) is 12.1 Å². The highest BCUT2D eigenvalue weighted by molar-refractivity contribution is 9.10. The molecule has 0 radical (unpaired) electrons. The molecule has 0 saturated carbocycles. The van der Waals surface area contributed by atoms with Crippen LogP contribution in [0.25, 0.3) is 21.5 Å². The van der Waals surface area contributed by atoms with Gasteiger partial charge in [-0.05, 0) is 41.9 Å². The quantitative estimate of drug-likeness (QED) is 0.731. The Kier molecular flexibility index (Phi) is 3.51. The molecule has 0 unspecified atom stereocenters. The number of aromatic carboxylic acids is 1. The first kappa shape index (κ1) is 14.2. The lowest BCUT2D eigenvalue weighted by Crippen LogP contribution is -2.00. The van der Waals surface area contributed by atoms with E-state index in [4.69, 9.17) is 0 Å². The van der Waals surface area contributed by atoms with Crippen LogP contribution in [0.15, 0.2) is 28.7 Å². The number of carboxylic acids is 1. The van der Waals surface area contributed by atoms with Gasteiger partial charge in [0.2, 0.25) is 0 Å². The van der Waals surface area contributed by atoms with Crippen molar-refractivity contribution in [2.75, 3.05) is 0 Å². The highest BCUT2D eigenvalue weighted by atomic mass is 79.9. The topological polar surface area (TPSA) is 63.1 Å². The van der Waals surface area contributed by atoms with Crippen LogP contribution in [0, 0.1) is 13.8 Å². The number of fused-ring (bicyclic) bond motifs is 1. The maximum Gasteiger partial charge on any atom is 0.336 e. The number of thiazole rings is 1. The summed E-state index contributed by atoms with van der Waals surface area (Å²) in [5.74, 6) is -0.958. The highest BCUT2D eigenvalue weighted by Gasteiger charge is 2.17. The lowest BCUT2D eigenvalue weighted by atomic mass is 10.1. The number of rotatable bonds is 2. The van der Waals surface area contributed by atoms with Gasteiger partial charge in [0.25, 0.3) is 0 Å². The second-order valence-corrected chi connectivity index (χ2v) is 6.70. The summed E-state index contributed by atoms with van der Waals surface area (Å²) in [6, 6.07) is 7.06. The molecule has 0 aliphatic carbocycles. The number of hydrogen-bond donors (Lipinski definition) is 1. The van der Waals surface area contributed by atoms with Crippen molar-refractivity contribution in [3.8, 4) is 10.6 Å². The highest BCUT2D eigenvalue weighted by Crippen LogP contribution is 2.33. The summed E-state index contributed by atoms with van der Waals surface area (Å²) in [5, 5.41) is 11.0. The molecule has 6 heteroatoms. The molecule has 2 aromatic heterocycles. The first-order valence-corrected chi connectivity index (χ1v) is 7.85. The number of para-hydroxylation sites is 1. The van der Waals surface area contributed by atoms with Gasteiger partial charge in [-0.3, -0.25) is 0 Å². The van der Waals surface area contributed by atoms with E-state index < -0.39 is 5.97 Å². The molecule has 2 heterocycles. The molecule has 0 bridgehead atoms. The summed E-state index contributed by atoms with van der Waals surface area (Å²) < 4.78 is 0.781. The third kappa shape index (κ3) is 2.45. The molecule has 0 spiro atoms. The lowest BCUT2D eigenvalue weighted by molar-refractivity contribution is 0.0699. The van der Waals surface area contributed by atoms with E-state index in [9.17, 15) is 9.90 Å². The monoisotopic (exact) mass is 362 g/mol. The van der Waals surface area contributed by atoms with Crippen LogP contribution in [0.3, 0.4) is 0 Å². The van der Waals surface area contributed by atoms with Gasteiger partial charge in [0, 0.05) is 9.86 Å². The average Bonchev–Trinajstić information content (AvgIpc) is 2.77. The molecular formula is C15H11BrN2O2S. The van der Waals surface area contributed by atoms with Crippen molar-refractivity contribution in [2.45, 2.75) is 13.8 Å². The largest absolute Gasteiger partial charge is 0.478 e. The molecule has 0 fully saturated rings. The van der Waals surface area contributed by atoms with Gasteiger partial charge < -0.3 is 5.11 Å². The van der Waals surface area contributed by atoms with Crippen LogP contribution in [0.4, 0.5) is 0 Å². The summed E-state index contributed by atoms with van der Waals surface area (Å²) >= 11 is 4.96. The van der Waals surface area contributed by atoms with E-state index >= 15 is 0 Å². The molecule has 0 aliphatic rings. The minimum absolute atomic E-state index is 0.252. The van der Waals surface area contributed by atoms with Gasteiger partial charge in [0.1, 0.15) is 0 Å². The molecule has 3 aromatic rings. The van der Waals surface area contributed by atoms with Crippen molar-refractivity contribution in [2.24, 2.45) is 0 Å². The van der Waals surface area contributed by atoms with Gasteiger partial charge in [0.15, 0.2) is 0 Å². The Bertz CT molecular complexity index is 873. The maximum atomic E-state index is 11.5. The fraction of sp³-hybridized carbons (Fsp3) is 0.133. The van der Waals surface area contributed by atoms with Crippen molar-refractivity contribution >= 4 is 44.1 Å². The molecule has 0 saturated heterocycles. The normalized spacial score (nSPS) is 11.0. The first-order valence-electron chi connectivity index (χ1n) is 6.24. The lowest BCUT2D eigenvalue weighted by Gasteiger charge is -2.07. The van der Waals surface area contributed by atoms with Crippen LogP contribution in [0.2, 0.25) is 0 Å². The van der Waals surface area contributed by atoms with E-state index in [0.29, 0.717) is 16.6 Å². The van der Waals surface area contributed by atoms with Crippen molar-refractivity contribution < 1.29 is 9.90 Å². The molecule has 0 atom stereocenters. The summed E-state index contributed by atoms with van der Waals surface area (Å²) in [6.45, 7) is 3.83. The number of hydrogen-bond acceptors (Lipinski definition) is 4. The maximum absolute atomic E-state index is 11.5. The SMILES string of the molecule is Cc1nc(C)c(-c2cc(C(=O)O)c3cccc(Br)c3n2)s1. The van der Waals surface area contributed by atoms with Crippen LogP contribution in [-0.2, 0) is 0 Å². The Hall–Kier alpha value is -1.79. The van der Waals surface area contributed by atoms with E-state index in [1.165, 1.54) is 11.3 Å². The second-order valence-electron chi connectivity index (χ2n) is 4.64. The number of carboxylic acid groups (broad SMARTS) is 1. The molecular weight excluding hydrogens is 352 g/mol. The second kappa shape index (κ2) is 5.20. The Labute approximate surface area is 133 Å². The predicted molar refractivity (Wildman–Crippen MR) is 87.0 cm³/mol. The number of halogens is 1. The number of benzene rings is 1. The number of nitrogens with zero attached hydrogens (tertiary/aromatic N) is 2. The van der Waals surface area contributed by atoms with Gasteiger partial charge >= 0.3 is 5.97 Å². The van der Waals surface area contributed by atoms with Crippen LogP contribution in [-0.4, -0.2) is 21.0 Å². The number of carbonyl (C=O) groups is 1. The summed E-state index contributed by atoms with van der Waals surface area (Å²) in [4.78, 5) is 21.5. The third-order valence-electron chi connectivity index (χ3n) is 3.16. The summed E-state index contributed by atoms with van der Waals surface area (Å²) in [7, 11) is 0. The average molecular weight is 363 g/mol. The Morgan fingerprint density at radius 1 is 1.29 bits per heavy atom. The van der Waals surface area contributed by atoms with Crippen molar-refractivity contribution in [1.29, 1.82) is 0 Å². The van der Waals surface area contributed by atoms with Crippen molar-refractivity contribution in [3.63, 3.8) is 0 Å². The smallest absolute Gasteiger partial charge is 0.336 e. The summed E-state index contributed by atoms with van der Waals surface area (Å²) in [5.41, 5.74) is 2.42. The van der Waals surface area contributed by atoms with Gasteiger partial charge in [-0.25, -0.2) is 14.8 Å². The standard InChI is InChI=1S/C15H11BrN2O2S/c1-7-14(21-8(2)17-7)12-6-10(15(19)20)9-4-3-5-11(16)13(9)18-12/h3-6H,1-2H3,(H,19,20). The van der Waals surface area contributed by atoms with Crippen LogP contribution in [0.1, 0.15) is 21.1 Å². The van der Waals surface area contributed by atoms with Gasteiger partial charge in [0.05, 0.1) is 32.4 Å². The molecule has 0 aliphatic heterocycles. The third-order valence-corrected chi connectivity index (χ3v) is 4.89. The fourth-order valence-corrected chi connectivity index (χ4v) is 3.61. The van der Waals surface area contributed by atoms with E-state index in [2.05, 4.69) is 25.9 Å². The van der Waals surface area contributed by atoms with E-state index in [0.717, 1.165) is 20.1 Å². The minimum atomic E-state index is -0.958. The molecule has 1 aromatic carbocycles. The van der Waals surface area contributed by atoms with Crippen LogP contribution >= 0.6 is 27.3 Å². The first-order chi connectivity index (χ1) is 9.97. The Morgan fingerprint density at radius 2 is 2.05 bits per heavy atom. The molecule has 0 amide bonds. The molecule has 21 heavy (non-hydrogen) atoms. The van der Waals surface area contributed by atoms with Gasteiger partial charge in [-0.2, -0.15) is 0 Å². The number of aromatic nitrogens is 2. The zero-order valence-corrected chi connectivity index (χ0v) is 13.7. The minimum Gasteiger partial charge on any atom is -0.478 e. The van der Waals surface area contributed by atoms with Crippen LogP contribution < -0.4 is 0 Å². The number of aryl methyl sites for hydroxylation is 2. The Balaban J connectivity index is 2.37. The molecule has 3 rings (SSSR count). The number of pyridine rings is 1. The molecule has 4 nitrogen and oxygen atoms in total. The van der Waals surface area contributed by atoms with E-state index in [1.807, 2.05) is 26.0 Å². The summed E-state index contributed by atoms with van der Waals surface area (Å²) in [6.07, 6.45) is 0. The molecule has 1 N–H and O–H groups in total. The van der Waals surface area contributed by atoms with Crippen molar-refractivity contribution in [3.05, 3.63) is 45.0 Å². The zero-order valence-electron chi connectivity index (χ0n) is 11.3. The van der Waals surface area contributed by atoms with E-state index in [-0.39, 0.29) is 5.56 Å². The van der Waals surface area contributed by atoms with Gasteiger partial charge in [-0.15, -0.1) is 11.3 Å². The Morgan fingerprint density at radius 3 is 2.67 bits per heavy atom. The molecule has 106 valence electrons. The predicted octanol–water partition coefficient (Wildman–Crippen LogP) is 4.44. The van der Waals surface area contributed by atoms with Crippen LogP contribution in [0.5, 0.6) is 0 Å².